The lowest BCUT2D eigenvalue weighted by Crippen LogP contribution is -2.43. The van der Waals surface area contributed by atoms with Crippen LogP contribution in [0.4, 0.5) is 4.39 Å². The van der Waals surface area contributed by atoms with Gasteiger partial charge in [-0.3, -0.25) is 9.59 Å². The van der Waals surface area contributed by atoms with E-state index in [0.29, 0.717) is 37.7 Å². The summed E-state index contributed by atoms with van der Waals surface area (Å²) in [5, 5.41) is 7.08. The third kappa shape index (κ3) is 3.63. The normalized spacial score (nSPS) is 17.6. The minimum Gasteiger partial charge on any atom is -0.360 e. The van der Waals surface area contributed by atoms with Crippen LogP contribution in [0.1, 0.15) is 41.8 Å². The molecule has 0 atom stereocenters. The number of aromatic nitrogens is 1. The van der Waals surface area contributed by atoms with Crippen molar-refractivity contribution in [2.45, 2.75) is 38.6 Å². The Morgan fingerprint density at radius 1 is 1.25 bits per heavy atom. The van der Waals surface area contributed by atoms with Gasteiger partial charge in [0.2, 0.25) is 5.91 Å². The Morgan fingerprint density at radius 3 is 2.61 bits per heavy atom. The Kier molecular flexibility index (Phi) is 5.10. The number of hydrogen-bond donors (Lipinski definition) is 1. The van der Waals surface area contributed by atoms with Crippen LogP contribution >= 0.6 is 11.6 Å². The first-order valence-electron chi connectivity index (χ1n) is 9.46. The van der Waals surface area contributed by atoms with Crippen molar-refractivity contribution in [2.75, 3.05) is 13.1 Å². The number of nitrogens with one attached hydrogen (secondary N) is 1. The number of carbonyl (C=O) groups excluding carboxylic acids is 2. The summed E-state index contributed by atoms with van der Waals surface area (Å²) in [4.78, 5) is 27.0. The molecule has 8 heteroatoms. The molecule has 2 fully saturated rings. The number of aryl methyl sites for hydroxylation is 1. The van der Waals surface area contributed by atoms with E-state index in [1.54, 1.807) is 17.9 Å². The van der Waals surface area contributed by atoms with Crippen LogP contribution in [-0.4, -0.2) is 41.0 Å². The molecule has 1 aromatic carbocycles. The molecule has 1 saturated carbocycles. The lowest BCUT2D eigenvalue weighted by molar-refractivity contribution is -0.126. The number of carbonyl (C=O) groups is 2. The van der Waals surface area contributed by atoms with Crippen molar-refractivity contribution >= 4 is 23.4 Å². The molecule has 1 aromatic heterocycles. The van der Waals surface area contributed by atoms with Crippen molar-refractivity contribution < 1.29 is 18.5 Å². The van der Waals surface area contributed by atoms with E-state index >= 15 is 0 Å². The molecular weight excluding hydrogens is 385 g/mol. The van der Waals surface area contributed by atoms with Gasteiger partial charge in [0, 0.05) is 25.0 Å². The third-order valence-corrected chi connectivity index (χ3v) is 5.67. The van der Waals surface area contributed by atoms with Gasteiger partial charge in [-0.25, -0.2) is 4.39 Å². The van der Waals surface area contributed by atoms with Crippen LogP contribution < -0.4 is 5.32 Å². The van der Waals surface area contributed by atoms with Gasteiger partial charge in [0.25, 0.3) is 5.91 Å². The highest BCUT2D eigenvalue weighted by atomic mass is 35.5. The molecule has 1 aliphatic heterocycles. The van der Waals surface area contributed by atoms with Gasteiger partial charge in [0.05, 0.1) is 10.6 Å². The topological polar surface area (TPSA) is 75.4 Å². The first-order valence-corrected chi connectivity index (χ1v) is 9.83. The van der Waals surface area contributed by atoms with Crippen LogP contribution in [0.15, 0.2) is 22.7 Å². The zero-order valence-electron chi connectivity index (χ0n) is 15.5. The number of hydrogen-bond acceptors (Lipinski definition) is 4. The second-order valence-corrected chi connectivity index (χ2v) is 7.82. The zero-order valence-corrected chi connectivity index (χ0v) is 16.3. The number of rotatable bonds is 4. The maximum Gasteiger partial charge on any atom is 0.259 e. The summed E-state index contributed by atoms with van der Waals surface area (Å²) in [5.41, 5.74) is 0.384. The number of piperidine rings is 1. The second-order valence-electron chi connectivity index (χ2n) is 7.41. The SMILES string of the molecule is Cc1onc(-c2c(F)cccc2Cl)c1C(=O)N1CCC(C(=O)NC2CC2)CC1. The molecule has 1 aliphatic carbocycles. The van der Waals surface area contributed by atoms with Crippen LogP contribution in [0.3, 0.4) is 0 Å². The fraction of sp³-hybridized carbons (Fsp3) is 0.450. The maximum atomic E-state index is 14.3. The van der Waals surface area contributed by atoms with Gasteiger partial charge >= 0.3 is 0 Å². The minimum absolute atomic E-state index is 0.0584. The van der Waals surface area contributed by atoms with E-state index in [2.05, 4.69) is 10.5 Å². The van der Waals surface area contributed by atoms with Crippen LogP contribution in [-0.2, 0) is 4.79 Å². The second kappa shape index (κ2) is 7.54. The number of amides is 2. The Hall–Kier alpha value is -2.41. The van der Waals surface area contributed by atoms with E-state index in [0.717, 1.165) is 12.8 Å². The van der Waals surface area contributed by atoms with Gasteiger partial charge < -0.3 is 14.7 Å². The molecule has 148 valence electrons. The minimum atomic E-state index is -0.565. The molecule has 0 radical (unpaired) electrons. The van der Waals surface area contributed by atoms with Crippen molar-refractivity contribution in [1.82, 2.24) is 15.4 Å². The molecule has 2 aliphatic rings. The Labute approximate surface area is 167 Å². The molecule has 2 amide bonds. The summed E-state index contributed by atoms with van der Waals surface area (Å²) < 4.78 is 19.5. The molecule has 28 heavy (non-hydrogen) atoms. The van der Waals surface area contributed by atoms with Crippen molar-refractivity contribution in [2.24, 2.45) is 5.92 Å². The van der Waals surface area contributed by atoms with Crippen molar-refractivity contribution in [3.63, 3.8) is 0 Å². The van der Waals surface area contributed by atoms with E-state index in [4.69, 9.17) is 16.1 Å². The number of halogens is 2. The fourth-order valence-corrected chi connectivity index (χ4v) is 3.82. The lowest BCUT2D eigenvalue weighted by Gasteiger charge is -2.31. The summed E-state index contributed by atoms with van der Waals surface area (Å²) in [6.45, 7) is 2.53. The summed E-state index contributed by atoms with van der Waals surface area (Å²) in [5.74, 6) is -0.532. The number of benzene rings is 1. The quantitative estimate of drug-likeness (QED) is 0.843. The number of likely N-dealkylation sites (tertiary alicyclic amines) is 1. The summed E-state index contributed by atoms with van der Waals surface area (Å²) in [7, 11) is 0. The molecule has 1 saturated heterocycles. The van der Waals surface area contributed by atoms with E-state index in [9.17, 15) is 14.0 Å². The van der Waals surface area contributed by atoms with Gasteiger partial charge in [0.1, 0.15) is 22.8 Å². The van der Waals surface area contributed by atoms with E-state index in [1.807, 2.05) is 0 Å². The standard InChI is InChI=1S/C20H21ClFN3O3/c1-11-16(18(24-28-11)17-14(21)3-2-4-15(17)22)20(27)25-9-7-12(8-10-25)19(26)23-13-5-6-13/h2-4,12-13H,5-10H2,1H3,(H,23,26). The van der Waals surface area contributed by atoms with Crippen LogP contribution in [0.5, 0.6) is 0 Å². The summed E-state index contributed by atoms with van der Waals surface area (Å²) >= 11 is 6.15. The van der Waals surface area contributed by atoms with Gasteiger partial charge in [-0.1, -0.05) is 22.8 Å². The van der Waals surface area contributed by atoms with Crippen LogP contribution in [0.2, 0.25) is 5.02 Å². The van der Waals surface area contributed by atoms with E-state index in [-0.39, 0.29) is 39.6 Å². The summed E-state index contributed by atoms with van der Waals surface area (Å²) in [6, 6.07) is 4.64. The predicted molar refractivity (Wildman–Crippen MR) is 101 cm³/mol. The van der Waals surface area contributed by atoms with E-state index in [1.165, 1.54) is 12.1 Å². The Morgan fingerprint density at radius 2 is 1.96 bits per heavy atom. The molecular formula is C20H21ClFN3O3. The molecule has 2 heterocycles. The van der Waals surface area contributed by atoms with Gasteiger partial charge in [-0.05, 0) is 44.7 Å². The van der Waals surface area contributed by atoms with Gasteiger partial charge in [-0.15, -0.1) is 0 Å². The lowest BCUT2D eigenvalue weighted by atomic mass is 9.95. The first-order chi connectivity index (χ1) is 13.5. The molecule has 4 rings (SSSR count). The van der Waals surface area contributed by atoms with E-state index < -0.39 is 5.82 Å². The Balaban J connectivity index is 1.52. The van der Waals surface area contributed by atoms with Crippen molar-refractivity contribution in [3.05, 3.63) is 40.4 Å². The third-order valence-electron chi connectivity index (χ3n) is 5.35. The highest BCUT2D eigenvalue weighted by Crippen LogP contribution is 2.34. The highest BCUT2D eigenvalue weighted by molar-refractivity contribution is 6.33. The van der Waals surface area contributed by atoms with Gasteiger partial charge in [0.15, 0.2) is 0 Å². The average molecular weight is 406 g/mol. The molecule has 6 nitrogen and oxygen atoms in total. The highest BCUT2D eigenvalue weighted by Gasteiger charge is 2.34. The average Bonchev–Trinajstić information content (AvgIpc) is 3.42. The molecule has 0 unspecified atom stereocenters. The zero-order chi connectivity index (χ0) is 19.8. The first kappa shape index (κ1) is 18.9. The van der Waals surface area contributed by atoms with Gasteiger partial charge in [-0.2, -0.15) is 0 Å². The summed E-state index contributed by atoms with van der Waals surface area (Å²) in [6.07, 6.45) is 3.31. The molecule has 2 aromatic rings. The van der Waals surface area contributed by atoms with Crippen LogP contribution in [0, 0.1) is 18.7 Å². The molecule has 0 spiro atoms. The fourth-order valence-electron chi connectivity index (χ4n) is 3.57. The predicted octanol–water partition coefficient (Wildman–Crippen LogP) is 3.57. The van der Waals surface area contributed by atoms with Crippen molar-refractivity contribution in [3.8, 4) is 11.3 Å². The molecule has 0 bridgehead atoms. The van der Waals surface area contributed by atoms with Crippen LogP contribution in [0.25, 0.3) is 11.3 Å². The maximum absolute atomic E-state index is 14.3. The molecule has 1 N–H and O–H groups in total. The monoisotopic (exact) mass is 405 g/mol. The number of nitrogens with zero attached hydrogens (tertiary/aromatic N) is 2. The largest absolute Gasteiger partial charge is 0.360 e. The smallest absolute Gasteiger partial charge is 0.259 e. The van der Waals surface area contributed by atoms with Crippen molar-refractivity contribution in [1.29, 1.82) is 0 Å². The Bertz CT molecular complexity index is 897.